The fraction of sp³-hybridized carbons (Fsp3) is 0.302. The van der Waals surface area contributed by atoms with Crippen molar-refractivity contribution < 1.29 is 16.8 Å². The number of halogens is 2. The molecule has 310 valence electrons. The van der Waals surface area contributed by atoms with E-state index in [1.807, 2.05) is 24.3 Å². The van der Waals surface area contributed by atoms with Crippen molar-refractivity contribution in [3.63, 3.8) is 0 Å². The number of sulfonamides is 2. The minimum atomic E-state index is -3.46. The van der Waals surface area contributed by atoms with Gasteiger partial charge in [-0.1, -0.05) is 117 Å². The van der Waals surface area contributed by atoms with Crippen molar-refractivity contribution in [1.82, 2.24) is 18.6 Å². The summed E-state index contributed by atoms with van der Waals surface area (Å²) in [6, 6.07) is 31.0. The number of hydrogen-bond donors (Lipinski definition) is 0. The lowest BCUT2D eigenvalue weighted by atomic mass is 10.1. The largest absolute Gasteiger partial charge is 0.345 e. The second-order valence-corrected chi connectivity index (χ2v) is 21.0. The SMILES string of the molecule is CCc1ccc(-c2csc(N3CCN(S(=O)(=O)c4ccc(CBr)cc4)CC3)n2)cc1.Cc1ccc(-c2csc(N3CCN(S(=O)(=O)c4ccc(CBr)cc4)CC3)n2)cc1. The smallest absolute Gasteiger partial charge is 0.243 e. The number of anilines is 2. The molecule has 0 unspecified atom stereocenters. The fourth-order valence-electron chi connectivity index (χ4n) is 6.76. The van der Waals surface area contributed by atoms with Crippen molar-refractivity contribution >= 4 is 84.8 Å². The maximum absolute atomic E-state index is 13.0. The molecule has 2 fully saturated rings. The first kappa shape index (κ1) is 43.6. The zero-order chi connectivity index (χ0) is 41.6. The summed E-state index contributed by atoms with van der Waals surface area (Å²) in [5.74, 6) is 0. The van der Waals surface area contributed by atoms with Crippen LogP contribution in [0.3, 0.4) is 0 Å². The Labute approximate surface area is 372 Å². The lowest BCUT2D eigenvalue weighted by Gasteiger charge is -2.33. The quantitative estimate of drug-likeness (QED) is 0.118. The highest BCUT2D eigenvalue weighted by Gasteiger charge is 2.31. The maximum atomic E-state index is 13.0. The Morgan fingerprint density at radius 1 is 0.525 bits per heavy atom. The number of aromatic nitrogens is 2. The van der Waals surface area contributed by atoms with Gasteiger partial charge in [-0.3, -0.25) is 0 Å². The first-order chi connectivity index (χ1) is 28.5. The molecule has 0 spiro atoms. The molecule has 4 aromatic carbocycles. The Morgan fingerprint density at radius 3 is 1.24 bits per heavy atom. The van der Waals surface area contributed by atoms with Crippen LogP contribution in [0, 0.1) is 6.92 Å². The summed E-state index contributed by atoms with van der Waals surface area (Å²) in [6.45, 7) is 8.61. The van der Waals surface area contributed by atoms with Crippen LogP contribution in [0.2, 0.25) is 0 Å². The number of nitrogens with zero attached hydrogens (tertiary/aromatic N) is 6. The van der Waals surface area contributed by atoms with Crippen molar-refractivity contribution in [3.05, 3.63) is 130 Å². The zero-order valence-electron chi connectivity index (χ0n) is 32.9. The van der Waals surface area contributed by atoms with Crippen molar-refractivity contribution in [3.8, 4) is 22.5 Å². The molecule has 6 aromatic rings. The lowest BCUT2D eigenvalue weighted by molar-refractivity contribution is 0.384. The molecule has 10 nitrogen and oxygen atoms in total. The Kier molecular flexibility index (Phi) is 14.4. The monoisotopic (exact) mass is 996 g/mol. The van der Waals surface area contributed by atoms with Crippen molar-refractivity contribution in [2.45, 2.75) is 40.7 Å². The van der Waals surface area contributed by atoms with E-state index in [1.54, 1.807) is 55.5 Å². The van der Waals surface area contributed by atoms with E-state index in [9.17, 15) is 16.8 Å². The normalized spacial score (nSPS) is 15.5. The minimum Gasteiger partial charge on any atom is -0.345 e. The van der Waals surface area contributed by atoms with Crippen LogP contribution in [0.4, 0.5) is 10.3 Å². The third kappa shape index (κ3) is 10.4. The van der Waals surface area contributed by atoms with Gasteiger partial charge in [0.1, 0.15) is 0 Å². The van der Waals surface area contributed by atoms with Crippen LogP contribution in [0.5, 0.6) is 0 Å². The van der Waals surface area contributed by atoms with E-state index in [4.69, 9.17) is 9.97 Å². The molecule has 59 heavy (non-hydrogen) atoms. The second-order valence-electron chi connectivity index (χ2n) is 14.3. The first-order valence-corrected chi connectivity index (χ1v) is 26.2. The van der Waals surface area contributed by atoms with Crippen LogP contribution >= 0.6 is 54.5 Å². The van der Waals surface area contributed by atoms with Gasteiger partial charge in [0.05, 0.1) is 21.2 Å². The zero-order valence-corrected chi connectivity index (χ0v) is 39.3. The standard InChI is InChI=1S/C22H24BrN3O2S2.C21H22BrN3O2S2/c1-2-17-3-7-19(8-4-17)21-16-29-22(24-21)25-11-13-26(14-12-25)30(27,28)20-9-5-18(15-23)6-10-20;1-16-2-6-18(7-3-16)20-15-28-21(23-20)24-10-12-25(13-11-24)29(26,27)19-8-4-17(14-22)5-9-19/h3-10,16H,2,11-15H2,1H3;2-9,15H,10-14H2,1H3. The number of hydrogen-bond acceptors (Lipinski definition) is 10. The molecule has 16 heteroatoms. The maximum Gasteiger partial charge on any atom is 0.243 e. The highest BCUT2D eigenvalue weighted by atomic mass is 79.9. The number of thiazole rings is 2. The Hall–Kier alpha value is -3.48. The topological polar surface area (TPSA) is 107 Å². The van der Waals surface area contributed by atoms with Crippen LogP contribution in [-0.2, 0) is 37.1 Å². The minimum absolute atomic E-state index is 0.353. The summed E-state index contributed by atoms with van der Waals surface area (Å²) in [4.78, 5) is 14.6. The van der Waals surface area contributed by atoms with Crippen LogP contribution in [-0.4, -0.2) is 87.8 Å². The molecule has 4 heterocycles. The molecule has 0 aliphatic carbocycles. The van der Waals surface area contributed by atoms with E-state index < -0.39 is 20.0 Å². The van der Waals surface area contributed by atoms with Gasteiger partial charge in [-0.2, -0.15) is 8.61 Å². The molecular formula is C43H46Br2N6O4S4. The molecule has 2 aromatic heterocycles. The summed E-state index contributed by atoms with van der Waals surface area (Å²) in [6.07, 6.45) is 1.02. The second kappa shape index (κ2) is 19.5. The summed E-state index contributed by atoms with van der Waals surface area (Å²) in [5, 5.41) is 7.46. The Balaban J connectivity index is 0.000000179. The highest BCUT2D eigenvalue weighted by Crippen LogP contribution is 2.31. The Morgan fingerprint density at radius 2 is 0.881 bits per heavy atom. The Bertz CT molecular complexity index is 2520. The molecule has 0 saturated carbocycles. The van der Waals surface area contributed by atoms with Gasteiger partial charge in [-0.25, -0.2) is 26.8 Å². The van der Waals surface area contributed by atoms with Crippen LogP contribution in [0.1, 0.15) is 29.2 Å². The third-order valence-electron chi connectivity index (χ3n) is 10.4. The molecule has 0 radical (unpaired) electrons. The fourth-order valence-corrected chi connectivity index (χ4v) is 12.1. The molecule has 0 bridgehead atoms. The van der Waals surface area contributed by atoms with Gasteiger partial charge in [-0.05, 0) is 54.3 Å². The van der Waals surface area contributed by atoms with Crippen molar-refractivity contribution in [1.29, 1.82) is 0 Å². The van der Waals surface area contributed by atoms with Crippen LogP contribution < -0.4 is 9.80 Å². The number of benzene rings is 4. The predicted molar refractivity (Wildman–Crippen MR) is 249 cm³/mol. The van der Waals surface area contributed by atoms with Gasteiger partial charge >= 0.3 is 0 Å². The van der Waals surface area contributed by atoms with E-state index in [2.05, 4.69) is 115 Å². The molecule has 0 amide bonds. The number of alkyl halides is 2. The molecule has 8 rings (SSSR count). The summed E-state index contributed by atoms with van der Waals surface area (Å²) < 4.78 is 54.9. The number of aryl methyl sites for hydroxylation is 2. The third-order valence-corrected chi connectivity index (χ3v) is 17.4. The molecular weight excluding hydrogens is 953 g/mol. The lowest BCUT2D eigenvalue weighted by Crippen LogP contribution is -2.48. The average molecular weight is 999 g/mol. The molecule has 2 aliphatic rings. The van der Waals surface area contributed by atoms with E-state index >= 15 is 0 Å². The van der Waals surface area contributed by atoms with Gasteiger partial charge in [0.2, 0.25) is 20.0 Å². The van der Waals surface area contributed by atoms with Gasteiger partial charge in [0.15, 0.2) is 10.3 Å². The number of piperazine rings is 2. The highest BCUT2D eigenvalue weighted by molar-refractivity contribution is 9.08. The molecule has 0 atom stereocenters. The van der Waals surface area contributed by atoms with Gasteiger partial charge in [0.25, 0.3) is 0 Å². The van der Waals surface area contributed by atoms with Crippen molar-refractivity contribution in [2.24, 2.45) is 0 Å². The van der Waals surface area contributed by atoms with Crippen LogP contribution in [0.15, 0.2) is 118 Å². The summed E-state index contributed by atoms with van der Waals surface area (Å²) in [7, 11) is -6.92. The van der Waals surface area contributed by atoms with Crippen LogP contribution in [0.25, 0.3) is 22.5 Å². The summed E-state index contributed by atoms with van der Waals surface area (Å²) >= 11 is 10.00. The average Bonchev–Trinajstić information content (AvgIpc) is 3.99. The number of rotatable bonds is 11. The molecule has 2 aliphatic heterocycles. The summed E-state index contributed by atoms with van der Waals surface area (Å²) in [5.41, 5.74) is 8.81. The van der Waals surface area contributed by atoms with Gasteiger partial charge in [0, 0.05) is 84.9 Å². The predicted octanol–water partition coefficient (Wildman–Crippen LogP) is 9.30. The van der Waals surface area contributed by atoms with E-state index in [1.165, 1.54) is 11.1 Å². The molecule has 0 N–H and O–H groups in total. The van der Waals surface area contributed by atoms with E-state index in [0.717, 1.165) is 50.3 Å². The van der Waals surface area contributed by atoms with E-state index in [-0.39, 0.29) is 0 Å². The van der Waals surface area contributed by atoms with E-state index in [0.29, 0.717) is 72.8 Å². The van der Waals surface area contributed by atoms with Gasteiger partial charge < -0.3 is 9.80 Å². The molecule has 2 saturated heterocycles. The first-order valence-electron chi connectivity index (χ1n) is 19.4. The van der Waals surface area contributed by atoms with Gasteiger partial charge in [-0.15, -0.1) is 22.7 Å². The van der Waals surface area contributed by atoms with Crippen molar-refractivity contribution in [2.75, 3.05) is 62.2 Å².